The number of amides is 2. The zero-order valence-corrected chi connectivity index (χ0v) is 17.2. The van der Waals surface area contributed by atoms with Gasteiger partial charge in [-0.2, -0.15) is 0 Å². The molecule has 30 heavy (non-hydrogen) atoms. The summed E-state index contributed by atoms with van der Waals surface area (Å²) in [4.78, 5) is 35.2. The topological polar surface area (TPSA) is 49.9 Å². The second-order valence-corrected chi connectivity index (χ2v) is 8.16. The van der Waals surface area contributed by atoms with Gasteiger partial charge in [0.2, 0.25) is 5.91 Å². The molecular weight excluding hydrogens is 396 g/mol. The Hall–Kier alpha value is -3.09. The third-order valence-corrected chi connectivity index (χ3v) is 6.34. The minimum atomic E-state index is -0.844. The summed E-state index contributed by atoms with van der Waals surface area (Å²) in [5.41, 5.74) is 2.34. The van der Waals surface area contributed by atoms with Crippen LogP contribution in [0.25, 0.3) is 0 Å². The fourth-order valence-electron chi connectivity index (χ4n) is 4.18. The predicted molar refractivity (Wildman–Crippen MR) is 117 cm³/mol. The molecule has 2 heterocycles. The summed E-state index contributed by atoms with van der Waals surface area (Å²) >= 11 is 1.66. The Morgan fingerprint density at radius 2 is 1.37 bits per heavy atom. The van der Waals surface area contributed by atoms with Crippen molar-refractivity contribution in [3.63, 3.8) is 0 Å². The van der Waals surface area contributed by atoms with E-state index >= 15 is 0 Å². The van der Waals surface area contributed by atoms with Gasteiger partial charge in [0.25, 0.3) is 5.91 Å². The number of hydrogen-bond acceptors (Lipinski definition) is 5. The van der Waals surface area contributed by atoms with Gasteiger partial charge in [-0.15, -0.1) is 11.8 Å². The number of benzene rings is 3. The molecule has 6 heteroatoms. The molecule has 2 aliphatic heterocycles. The summed E-state index contributed by atoms with van der Waals surface area (Å²) in [7, 11) is 0. The molecular formula is C24H20N2O3S. The van der Waals surface area contributed by atoms with Gasteiger partial charge in [-0.3, -0.25) is 14.4 Å². The molecule has 2 amide bonds. The van der Waals surface area contributed by atoms with Crippen LogP contribution in [0.2, 0.25) is 0 Å². The Morgan fingerprint density at radius 1 is 0.767 bits per heavy atom. The maximum absolute atomic E-state index is 13.5. The highest BCUT2D eigenvalue weighted by atomic mass is 32.2. The molecule has 0 bridgehead atoms. The molecule has 2 fully saturated rings. The number of anilines is 2. The Labute approximate surface area is 179 Å². The Kier molecular flexibility index (Phi) is 4.81. The minimum absolute atomic E-state index is 0.228. The molecule has 0 aliphatic carbocycles. The van der Waals surface area contributed by atoms with Gasteiger partial charge in [0.15, 0.2) is 6.10 Å². The first kappa shape index (κ1) is 18.9. The van der Waals surface area contributed by atoms with E-state index in [1.54, 1.807) is 29.0 Å². The first-order chi connectivity index (χ1) is 14.7. The monoisotopic (exact) mass is 416 g/mol. The average molecular weight is 417 g/mol. The number of fused-ring (bicyclic) bond motifs is 1. The zero-order chi connectivity index (χ0) is 20.7. The molecule has 150 valence electrons. The maximum atomic E-state index is 13.5. The van der Waals surface area contributed by atoms with Gasteiger partial charge in [0, 0.05) is 4.90 Å². The lowest BCUT2D eigenvalue weighted by Crippen LogP contribution is -2.37. The summed E-state index contributed by atoms with van der Waals surface area (Å²) in [6.07, 6.45) is 1.18. The first-order valence-electron chi connectivity index (χ1n) is 9.77. The largest absolute Gasteiger partial charge is 0.273 e. The number of imide groups is 1. The quantitative estimate of drug-likeness (QED) is 0.464. The summed E-state index contributed by atoms with van der Waals surface area (Å²) in [5, 5.41) is 1.72. The predicted octanol–water partition coefficient (Wildman–Crippen LogP) is 4.46. The molecule has 5 nitrogen and oxygen atoms in total. The molecule has 0 spiro atoms. The Balaban J connectivity index is 1.58. The van der Waals surface area contributed by atoms with Crippen LogP contribution in [0.5, 0.6) is 0 Å². The molecule has 5 rings (SSSR count). The van der Waals surface area contributed by atoms with E-state index in [0.717, 1.165) is 16.1 Å². The second-order valence-electron chi connectivity index (χ2n) is 7.28. The van der Waals surface area contributed by atoms with Gasteiger partial charge in [0.1, 0.15) is 5.92 Å². The molecule has 3 atom stereocenters. The van der Waals surface area contributed by atoms with Crippen molar-refractivity contribution in [3.05, 3.63) is 90.5 Å². The van der Waals surface area contributed by atoms with E-state index in [-0.39, 0.29) is 11.8 Å². The summed E-state index contributed by atoms with van der Waals surface area (Å²) < 4.78 is 0. The number of carbonyl (C=O) groups excluding carboxylic acids is 2. The van der Waals surface area contributed by atoms with E-state index in [0.29, 0.717) is 5.69 Å². The molecule has 0 saturated carbocycles. The van der Waals surface area contributed by atoms with E-state index < -0.39 is 18.1 Å². The van der Waals surface area contributed by atoms with Gasteiger partial charge >= 0.3 is 0 Å². The van der Waals surface area contributed by atoms with Gasteiger partial charge in [-0.05, 0) is 48.2 Å². The molecule has 0 unspecified atom stereocenters. The van der Waals surface area contributed by atoms with E-state index in [9.17, 15) is 9.59 Å². The minimum Gasteiger partial charge on any atom is -0.273 e. The van der Waals surface area contributed by atoms with Crippen molar-refractivity contribution in [3.8, 4) is 0 Å². The van der Waals surface area contributed by atoms with Gasteiger partial charge in [0.05, 0.1) is 17.4 Å². The lowest BCUT2D eigenvalue weighted by Gasteiger charge is -2.28. The van der Waals surface area contributed by atoms with Crippen LogP contribution in [0.15, 0.2) is 89.8 Å². The number of thioether (sulfide) groups is 1. The number of para-hydroxylation sites is 2. The van der Waals surface area contributed by atoms with Gasteiger partial charge in [-0.25, -0.2) is 9.96 Å². The van der Waals surface area contributed by atoms with Crippen molar-refractivity contribution in [2.45, 2.75) is 17.0 Å². The van der Waals surface area contributed by atoms with Crippen molar-refractivity contribution in [2.75, 3.05) is 16.2 Å². The normalized spacial score (nSPS) is 23.2. The molecule has 2 aliphatic rings. The van der Waals surface area contributed by atoms with Crippen molar-refractivity contribution in [1.82, 2.24) is 0 Å². The Bertz CT molecular complexity index is 1070. The summed E-state index contributed by atoms with van der Waals surface area (Å²) in [6, 6.07) is 26.4. The highest BCUT2D eigenvalue weighted by Gasteiger charge is 2.60. The second kappa shape index (κ2) is 7.63. The molecule has 2 saturated heterocycles. The van der Waals surface area contributed by atoms with Crippen LogP contribution in [-0.4, -0.2) is 24.2 Å². The third kappa shape index (κ3) is 3.00. The number of hydroxylamine groups is 1. The highest BCUT2D eigenvalue weighted by molar-refractivity contribution is 7.98. The van der Waals surface area contributed by atoms with Crippen molar-refractivity contribution >= 4 is 35.0 Å². The number of hydrogen-bond donors (Lipinski definition) is 0. The van der Waals surface area contributed by atoms with Crippen LogP contribution in [0.1, 0.15) is 11.6 Å². The fraction of sp³-hybridized carbons (Fsp3) is 0.167. The first-order valence-corrected chi connectivity index (χ1v) is 11.0. The zero-order valence-electron chi connectivity index (χ0n) is 16.3. The van der Waals surface area contributed by atoms with E-state index in [1.165, 1.54) is 4.90 Å². The van der Waals surface area contributed by atoms with E-state index in [1.807, 2.05) is 79.1 Å². The molecule has 0 radical (unpaired) electrons. The molecule has 3 aromatic rings. The van der Waals surface area contributed by atoms with Crippen molar-refractivity contribution in [2.24, 2.45) is 5.92 Å². The van der Waals surface area contributed by atoms with Crippen molar-refractivity contribution in [1.29, 1.82) is 0 Å². The van der Waals surface area contributed by atoms with Crippen LogP contribution in [0.3, 0.4) is 0 Å². The lowest BCUT2D eigenvalue weighted by molar-refractivity contribution is -0.126. The number of nitrogens with zero attached hydrogens (tertiary/aromatic N) is 2. The standard InChI is InChI=1S/C24H20N2O3S/c1-30-19-14-12-16(13-15-19)21-20-22(29-26(21)18-10-6-3-7-11-18)24(28)25(23(20)27)17-8-4-2-5-9-17/h2-15,20-22H,1H3/t20-,21-,22+/m0/s1. The van der Waals surface area contributed by atoms with Crippen LogP contribution < -0.4 is 9.96 Å². The van der Waals surface area contributed by atoms with Crippen LogP contribution in [-0.2, 0) is 14.4 Å². The van der Waals surface area contributed by atoms with E-state index in [2.05, 4.69) is 0 Å². The smallest absolute Gasteiger partial charge is 0.266 e. The number of carbonyl (C=O) groups is 2. The third-order valence-electron chi connectivity index (χ3n) is 5.60. The maximum Gasteiger partial charge on any atom is 0.266 e. The number of rotatable bonds is 4. The average Bonchev–Trinajstić information content (AvgIpc) is 3.31. The highest BCUT2D eigenvalue weighted by Crippen LogP contribution is 2.47. The van der Waals surface area contributed by atoms with Crippen LogP contribution in [0, 0.1) is 5.92 Å². The van der Waals surface area contributed by atoms with Crippen molar-refractivity contribution < 1.29 is 14.4 Å². The summed E-state index contributed by atoms with van der Waals surface area (Å²) in [5.74, 6) is -1.16. The van der Waals surface area contributed by atoms with Gasteiger partial charge in [-0.1, -0.05) is 48.5 Å². The SMILES string of the molecule is CSc1ccc([C@H]2[C@@H]3C(=O)N(c4ccccc4)C(=O)[C@@H]3ON2c2ccccc2)cc1. The van der Waals surface area contributed by atoms with Crippen LogP contribution in [0.4, 0.5) is 11.4 Å². The van der Waals surface area contributed by atoms with Crippen LogP contribution >= 0.6 is 11.8 Å². The van der Waals surface area contributed by atoms with Gasteiger partial charge < -0.3 is 0 Å². The Morgan fingerprint density at radius 3 is 1.97 bits per heavy atom. The summed E-state index contributed by atoms with van der Waals surface area (Å²) in [6.45, 7) is 0. The molecule has 3 aromatic carbocycles. The van der Waals surface area contributed by atoms with E-state index in [4.69, 9.17) is 4.84 Å². The molecule has 0 aromatic heterocycles. The lowest BCUT2D eigenvalue weighted by atomic mass is 9.90. The fourth-order valence-corrected chi connectivity index (χ4v) is 4.59. The molecule has 0 N–H and O–H groups in total.